The van der Waals surface area contributed by atoms with E-state index in [1.807, 2.05) is 13.8 Å². The lowest BCUT2D eigenvalue weighted by Gasteiger charge is -2.45. The van der Waals surface area contributed by atoms with E-state index >= 15 is 0 Å². The smallest absolute Gasteiger partial charge is 0.330 e. The summed E-state index contributed by atoms with van der Waals surface area (Å²) >= 11 is 0. The van der Waals surface area contributed by atoms with Gasteiger partial charge >= 0.3 is 5.97 Å². The third-order valence-corrected chi connectivity index (χ3v) is 6.92. The first kappa shape index (κ1) is 30.5. The molecule has 1 saturated heterocycles. The zero-order chi connectivity index (χ0) is 29.1. The van der Waals surface area contributed by atoms with E-state index in [-0.39, 0.29) is 17.3 Å². The summed E-state index contributed by atoms with van der Waals surface area (Å²) in [5.74, 6) is -1.61. The number of rotatable bonds is 8. The fourth-order valence-electron chi connectivity index (χ4n) is 4.74. The Hall–Kier alpha value is -3.06. The maximum atomic E-state index is 12.2. The molecule has 1 aliphatic carbocycles. The SMILES string of the molecule is CC(=O)C=CC1=C(C)C(O)C(O[C@@H]2OC(COC(=O)C=Cc3ccc(O)c(O)c3)[C@@H](O)[C@H](O)C2O)CC1(C)C. The van der Waals surface area contributed by atoms with Gasteiger partial charge in [0.15, 0.2) is 23.6 Å². The van der Waals surface area contributed by atoms with E-state index in [0.717, 1.165) is 11.6 Å². The van der Waals surface area contributed by atoms with E-state index in [4.69, 9.17) is 14.2 Å². The number of aliphatic hydroxyl groups is 4. The molecule has 0 spiro atoms. The summed E-state index contributed by atoms with van der Waals surface area (Å²) in [4.78, 5) is 23.6. The quantitative estimate of drug-likeness (QED) is 0.155. The summed E-state index contributed by atoms with van der Waals surface area (Å²) in [6.45, 7) is 6.51. The first-order chi connectivity index (χ1) is 18.2. The van der Waals surface area contributed by atoms with Gasteiger partial charge in [-0.2, -0.15) is 0 Å². The molecule has 0 amide bonds. The van der Waals surface area contributed by atoms with Crippen molar-refractivity contribution in [2.75, 3.05) is 6.61 Å². The van der Waals surface area contributed by atoms with Crippen LogP contribution in [0.2, 0.25) is 0 Å². The number of benzene rings is 1. The Morgan fingerprint density at radius 1 is 1.03 bits per heavy atom. The number of carbonyl (C=O) groups is 2. The lowest BCUT2D eigenvalue weighted by Crippen LogP contribution is -2.60. The number of phenols is 2. The number of aliphatic hydroxyl groups excluding tert-OH is 4. The Morgan fingerprint density at radius 2 is 1.72 bits per heavy atom. The molecular formula is C28H36O11. The van der Waals surface area contributed by atoms with E-state index < -0.39 is 60.9 Å². The lowest BCUT2D eigenvalue weighted by molar-refractivity contribution is -0.318. The molecule has 6 N–H and O–H groups in total. The zero-order valence-electron chi connectivity index (χ0n) is 22.2. The van der Waals surface area contributed by atoms with Crippen LogP contribution < -0.4 is 0 Å². The Labute approximate surface area is 226 Å². The minimum atomic E-state index is -1.68. The molecule has 0 aromatic heterocycles. The van der Waals surface area contributed by atoms with Gasteiger partial charge < -0.3 is 44.8 Å². The van der Waals surface area contributed by atoms with Gasteiger partial charge in [0.05, 0.1) is 6.10 Å². The van der Waals surface area contributed by atoms with E-state index in [1.165, 1.54) is 37.3 Å². The number of aromatic hydroxyl groups is 2. The number of hydrogen-bond acceptors (Lipinski definition) is 11. The molecule has 0 bridgehead atoms. The summed E-state index contributed by atoms with van der Waals surface area (Å²) in [6, 6.07) is 3.96. The van der Waals surface area contributed by atoms with Crippen LogP contribution in [-0.2, 0) is 23.8 Å². The van der Waals surface area contributed by atoms with Crippen molar-refractivity contribution in [2.45, 2.75) is 77.0 Å². The molecule has 2 aliphatic rings. The summed E-state index contributed by atoms with van der Waals surface area (Å²) < 4.78 is 16.7. The van der Waals surface area contributed by atoms with Crippen molar-refractivity contribution in [3.05, 3.63) is 53.1 Å². The van der Waals surface area contributed by atoms with Gasteiger partial charge in [-0.15, -0.1) is 0 Å². The summed E-state index contributed by atoms with van der Waals surface area (Å²) in [7, 11) is 0. The average molecular weight is 549 g/mol. The minimum Gasteiger partial charge on any atom is -0.504 e. The highest BCUT2D eigenvalue weighted by Crippen LogP contribution is 2.43. The van der Waals surface area contributed by atoms with Crippen LogP contribution >= 0.6 is 0 Å². The molecule has 7 atom stereocenters. The fraction of sp³-hybridized carbons (Fsp3) is 0.500. The number of phenolic OH excluding ortho intramolecular Hbond substituents is 2. The highest BCUT2D eigenvalue weighted by molar-refractivity contribution is 5.88. The highest BCUT2D eigenvalue weighted by atomic mass is 16.7. The second-order valence-corrected chi connectivity index (χ2v) is 10.5. The van der Waals surface area contributed by atoms with Gasteiger partial charge in [0, 0.05) is 6.08 Å². The van der Waals surface area contributed by atoms with Gasteiger partial charge in [-0.3, -0.25) is 4.79 Å². The van der Waals surface area contributed by atoms with Crippen molar-refractivity contribution in [1.29, 1.82) is 0 Å². The zero-order valence-corrected chi connectivity index (χ0v) is 22.2. The van der Waals surface area contributed by atoms with Gasteiger partial charge in [0.1, 0.15) is 37.1 Å². The molecule has 1 aromatic carbocycles. The lowest BCUT2D eigenvalue weighted by atomic mass is 9.70. The standard InChI is InChI=1S/C28H36O11/c1-14(29)5-8-17-15(2)23(33)20(12-28(17,3)4)38-27-26(36)25(35)24(34)21(39-27)13-37-22(32)10-7-16-6-9-18(30)19(31)11-16/h5-11,20-21,23-27,30-31,33-36H,12-13H2,1-4H3/t20?,21?,23?,24-,25+,26?,27-/m1/s1. The van der Waals surface area contributed by atoms with Crippen LogP contribution in [0.15, 0.2) is 47.6 Å². The van der Waals surface area contributed by atoms with E-state index in [9.17, 15) is 40.2 Å². The average Bonchev–Trinajstić information content (AvgIpc) is 2.86. The first-order valence-electron chi connectivity index (χ1n) is 12.5. The van der Waals surface area contributed by atoms with Gasteiger partial charge in [0.25, 0.3) is 0 Å². The largest absolute Gasteiger partial charge is 0.504 e. The Balaban J connectivity index is 1.66. The molecule has 39 heavy (non-hydrogen) atoms. The van der Waals surface area contributed by atoms with Crippen molar-refractivity contribution >= 4 is 17.8 Å². The maximum absolute atomic E-state index is 12.2. The monoisotopic (exact) mass is 548 g/mol. The predicted molar refractivity (Wildman–Crippen MR) is 138 cm³/mol. The van der Waals surface area contributed by atoms with Crippen molar-refractivity contribution in [3.63, 3.8) is 0 Å². The van der Waals surface area contributed by atoms with E-state index in [1.54, 1.807) is 13.0 Å². The van der Waals surface area contributed by atoms with Crippen LogP contribution in [0, 0.1) is 5.41 Å². The normalized spacial score (nSPS) is 31.1. The Morgan fingerprint density at radius 3 is 2.36 bits per heavy atom. The van der Waals surface area contributed by atoms with Crippen molar-refractivity contribution in [3.8, 4) is 11.5 Å². The number of carbonyl (C=O) groups excluding carboxylic acids is 2. The van der Waals surface area contributed by atoms with Crippen LogP contribution in [0.25, 0.3) is 6.08 Å². The summed E-state index contributed by atoms with van der Waals surface area (Å²) in [6.07, 6.45) is -3.75. The van der Waals surface area contributed by atoms with E-state index in [0.29, 0.717) is 17.6 Å². The predicted octanol–water partition coefficient (Wildman–Crippen LogP) is 1.10. The molecule has 1 fully saturated rings. The molecule has 3 rings (SSSR count). The number of esters is 1. The minimum absolute atomic E-state index is 0.132. The number of ketones is 1. The Bertz CT molecular complexity index is 1150. The molecule has 214 valence electrons. The molecule has 1 aliphatic heterocycles. The van der Waals surface area contributed by atoms with E-state index in [2.05, 4.69) is 0 Å². The molecule has 11 nitrogen and oxygen atoms in total. The third-order valence-electron chi connectivity index (χ3n) is 6.92. The van der Waals surface area contributed by atoms with Gasteiger partial charge in [-0.05, 0) is 66.7 Å². The summed E-state index contributed by atoms with van der Waals surface area (Å²) in [5, 5.41) is 61.1. The van der Waals surface area contributed by atoms with Crippen LogP contribution in [0.3, 0.4) is 0 Å². The summed E-state index contributed by atoms with van der Waals surface area (Å²) in [5.41, 5.74) is 1.28. The number of hydrogen-bond donors (Lipinski definition) is 6. The molecule has 0 saturated carbocycles. The molecule has 1 heterocycles. The van der Waals surface area contributed by atoms with Crippen LogP contribution in [0.4, 0.5) is 0 Å². The molecule has 4 unspecified atom stereocenters. The molecule has 11 heteroatoms. The molecule has 1 aromatic rings. The number of ether oxygens (including phenoxy) is 3. The van der Waals surface area contributed by atoms with Gasteiger partial charge in [-0.25, -0.2) is 4.79 Å². The second kappa shape index (κ2) is 12.4. The number of allylic oxidation sites excluding steroid dienone is 3. The van der Waals surface area contributed by atoms with Crippen molar-refractivity contribution in [1.82, 2.24) is 0 Å². The van der Waals surface area contributed by atoms with Gasteiger partial charge in [-0.1, -0.05) is 26.0 Å². The molecular weight excluding hydrogens is 512 g/mol. The van der Waals surface area contributed by atoms with Crippen molar-refractivity contribution < 1.29 is 54.4 Å². The van der Waals surface area contributed by atoms with Crippen LogP contribution in [0.5, 0.6) is 11.5 Å². The maximum Gasteiger partial charge on any atom is 0.330 e. The highest BCUT2D eigenvalue weighted by Gasteiger charge is 2.47. The topological polar surface area (TPSA) is 183 Å². The fourth-order valence-corrected chi connectivity index (χ4v) is 4.74. The Kier molecular flexibility index (Phi) is 9.70. The molecule has 0 radical (unpaired) electrons. The van der Waals surface area contributed by atoms with Gasteiger partial charge in [0.2, 0.25) is 0 Å². The second-order valence-electron chi connectivity index (χ2n) is 10.5. The van der Waals surface area contributed by atoms with Crippen LogP contribution in [0.1, 0.15) is 39.7 Å². The third kappa shape index (κ3) is 7.33. The first-order valence-corrected chi connectivity index (χ1v) is 12.5. The van der Waals surface area contributed by atoms with Crippen molar-refractivity contribution in [2.24, 2.45) is 5.41 Å². The van der Waals surface area contributed by atoms with Crippen LogP contribution in [-0.4, -0.2) is 91.9 Å².